The molecule has 1 amide bonds. The molecule has 11 heteroatoms. The summed E-state index contributed by atoms with van der Waals surface area (Å²) in [6, 6.07) is 0.502. The number of ether oxygens (including phenoxy) is 3. The van der Waals surface area contributed by atoms with Gasteiger partial charge in [-0.2, -0.15) is 4.98 Å². The molecule has 2 aliphatic rings. The van der Waals surface area contributed by atoms with Crippen molar-refractivity contribution in [2.45, 2.75) is 50.8 Å². The van der Waals surface area contributed by atoms with E-state index in [4.69, 9.17) is 25.8 Å². The Hall–Kier alpha value is -2.46. The van der Waals surface area contributed by atoms with Crippen molar-refractivity contribution in [3.8, 4) is 5.75 Å². The SMILES string of the molecule is COCC12CCC(CN(c3nc(Cl)nc4c(F)cc(F)c(OC)c34)C1)N2C(=O)OC(C)(C)C. The van der Waals surface area contributed by atoms with Crippen LogP contribution in [-0.2, 0) is 9.47 Å². The first-order valence-corrected chi connectivity index (χ1v) is 11.0. The van der Waals surface area contributed by atoms with Crippen LogP contribution in [0, 0.1) is 11.6 Å². The van der Waals surface area contributed by atoms with E-state index in [0.29, 0.717) is 25.6 Å². The van der Waals surface area contributed by atoms with Gasteiger partial charge in [-0.3, -0.25) is 4.90 Å². The van der Waals surface area contributed by atoms with Crippen LogP contribution in [0.3, 0.4) is 0 Å². The Morgan fingerprint density at radius 1 is 1.27 bits per heavy atom. The van der Waals surface area contributed by atoms with Gasteiger partial charge in [-0.1, -0.05) is 0 Å². The van der Waals surface area contributed by atoms with Gasteiger partial charge < -0.3 is 19.1 Å². The molecule has 1 aromatic carbocycles. The van der Waals surface area contributed by atoms with Crippen molar-refractivity contribution in [1.82, 2.24) is 14.9 Å². The number of rotatable bonds is 4. The molecule has 33 heavy (non-hydrogen) atoms. The predicted octanol–water partition coefficient (Wildman–Crippen LogP) is 4.17. The number of fused-ring (bicyclic) bond motifs is 3. The Kier molecular flexibility index (Phi) is 6.03. The largest absolute Gasteiger partial charge is 0.493 e. The third-order valence-electron chi connectivity index (χ3n) is 6.03. The van der Waals surface area contributed by atoms with Crippen LogP contribution in [0.1, 0.15) is 33.6 Å². The molecule has 3 heterocycles. The van der Waals surface area contributed by atoms with Gasteiger partial charge in [0, 0.05) is 26.3 Å². The van der Waals surface area contributed by atoms with E-state index < -0.39 is 28.9 Å². The Morgan fingerprint density at radius 3 is 2.64 bits per heavy atom. The summed E-state index contributed by atoms with van der Waals surface area (Å²) in [4.78, 5) is 25.0. The van der Waals surface area contributed by atoms with Crippen molar-refractivity contribution in [3.05, 3.63) is 23.0 Å². The van der Waals surface area contributed by atoms with E-state index in [2.05, 4.69) is 9.97 Å². The summed E-state index contributed by atoms with van der Waals surface area (Å²) >= 11 is 6.13. The lowest BCUT2D eigenvalue weighted by Gasteiger charge is -2.49. The Balaban J connectivity index is 1.81. The zero-order chi connectivity index (χ0) is 24.1. The first kappa shape index (κ1) is 23.7. The molecule has 2 bridgehead atoms. The Morgan fingerprint density at radius 2 is 2.00 bits per heavy atom. The van der Waals surface area contributed by atoms with Gasteiger partial charge in [0.15, 0.2) is 17.4 Å². The van der Waals surface area contributed by atoms with E-state index in [1.54, 1.807) is 12.0 Å². The lowest BCUT2D eigenvalue weighted by molar-refractivity contribution is -0.0261. The maximum Gasteiger partial charge on any atom is 0.411 e. The summed E-state index contributed by atoms with van der Waals surface area (Å²) in [6.45, 7) is 6.38. The number of anilines is 1. The average molecular weight is 485 g/mol. The van der Waals surface area contributed by atoms with Crippen molar-refractivity contribution in [2.75, 3.05) is 38.8 Å². The molecule has 1 aromatic heterocycles. The second-order valence-electron chi connectivity index (χ2n) is 9.49. The van der Waals surface area contributed by atoms with E-state index in [1.807, 2.05) is 25.7 Å². The zero-order valence-electron chi connectivity index (χ0n) is 19.2. The molecule has 0 N–H and O–H groups in total. The number of amides is 1. The third kappa shape index (κ3) is 4.14. The lowest BCUT2D eigenvalue weighted by atomic mass is 9.95. The predicted molar refractivity (Wildman–Crippen MR) is 119 cm³/mol. The quantitative estimate of drug-likeness (QED) is 0.602. The third-order valence-corrected chi connectivity index (χ3v) is 6.20. The van der Waals surface area contributed by atoms with Crippen LogP contribution in [0.15, 0.2) is 6.07 Å². The van der Waals surface area contributed by atoms with Gasteiger partial charge >= 0.3 is 6.09 Å². The van der Waals surface area contributed by atoms with Crippen LogP contribution in [0.5, 0.6) is 5.75 Å². The zero-order valence-corrected chi connectivity index (χ0v) is 20.0. The van der Waals surface area contributed by atoms with Gasteiger partial charge in [0.1, 0.15) is 16.9 Å². The fourth-order valence-corrected chi connectivity index (χ4v) is 5.11. The molecule has 4 rings (SSSR count). The number of carbonyl (C=O) groups is 1. The van der Waals surface area contributed by atoms with Gasteiger partial charge in [-0.15, -0.1) is 0 Å². The van der Waals surface area contributed by atoms with Crippen LogP contribution < -0.4 is 9.64 Å². The van der Waals surface area contributed by atoms with Crippen molar-refractivity contribution in [2.24, 2.45) is 0 Å². The fraction of sp³-hybridized carbons (Fsp3) is 0.591. The van der Waals surface area contributed by atoms with Gasteiger partial charge in [0.2, 0.25) is 5.28 Å². The average Bonchev–Trinajstić information content (AvgIpc) is 2.94. The number of piperazine rings is 1. The highest BCUT2D eigenvalue weighted by atomic mass is 35.5. The standard InChI is InChI=1S/C22H27ClF2N4O4/c1-21(2,3)33-20(30)29-12-6-7-22(29,11-31-4)10-28(9-12)18-15-16(26-19(23)27-18)13(24)8-14(25)17(15)32-5/h8,12H,6-7,9-11H2,1-5H3. The summed E-state index contributed by atoms with van der Waals surface area (Å²) in [5.41, 5.74) is -1.49. The molecular weight excluding hydrogens is 458 g/mol. The molecule has 2 aromatic rings. The number of hydrogen-bond acceptors (Lipinski definition) is 7. The highest BCUT2D eigenvalue weighted by Crippen LogP contribution is 2.44. The fourth-order valence-electron chi connectivity index (χ4n) is 4.94. The molecule has 0 saturated carbocycles. The van der Waals surface area contributed by atoms with Crippen LogP contribution >= 0.6 is 11.6 Å². The summed E-state index contributed by atoms with van der Waals surface area (Å²) in [5.74, 6) is -1.65. The number of halogens is 3. The Labute approximate surface area is 195 Å². The highest BCUT2D eigenvalue weighted by Gasteiger charge is 2.55. The maximum absolute atomic E-state index is 14.6. The van der Waals surface area contributed by atoms with Crippen LogP contribution in [0.4, 0.5) is 19.4 Å². The molecule has 180 valence electrons. The van der Waals surface area contributed by atoms with Crippen molar-refractivity contribution < 1.29 is 27.8 Å². The monoisotopic (exact) mass is 484 g/mol. The number of carbonyl (C=O) groups excluding carboxylic acids is 1. The molecule has 0 radical (unpaired) electrons. The van der Waals surface area contributed by atoms with Crippen molar-refractivity contribution in [3.63, 3.8) is 0 Å². The minimum absolute atomic E-state index is 0.0945. The second kappa shape index (κ2) is 8.39. The van der Waals surface area contributed by atoms with E-state index in [9.17, 15) is 13.6 Å². The van der Waals surface area contributed by atoms with E-state index in [0.717, 1.165) is 6.42 Å². The molecule has 8 nitrogen and oxygen atoms in total. The summed E-state index contributed by atoms with van der Waals surface area (Å²) in [5, 5.41) is -0.0788. The number of aromatic nitrogens is 2. The first-order valence-electron chi connectivity index (χ1n) is 10.6. The minimum Gasteiger partial charge on any atom is -0.493 e. The highest BCUT2D eigenvalue weighted by molar-refractivity contribution is 6.29. The normalized spacial score (nSPS) is 22.7. The van der Waals surface area contributed by atoms with Crippen LogP contribution in [0.25, 0.3) is 10.9 Å². The molecule has 2 unspecified atom stereocenters. The van der Waals surface area contributed by atoms with E-state index in [-0.39, 0.29) is 40.4 Å². The molecule has 0 aliphatic carbocycles. The molecule has 2 aliphatic heterocycles. The topological polar surface area (TPSA) is 77.0 Å². The summed E-state index contributed by atoms with van der Waals surface area (Å²) < 4.78 is 45.6. The molecule has 2 fully saturated rings. The number of benzene rings is 1. The number of hydrogen-bond donors (Lipinski definition) is 0. The summed E-state index contributed by atoms with van der Waals surface area (Å²) in [6.07, 6.45) is 0.982. The van der Waals surface area contributed by atoms with Gasteiger partial charge in [0.25, 0.3) is 0 Å². The van der Waals surface area contributed by atoms with Crippen LogP contribution in [0.2, 0.25) is 5.28 Å². The van der Waals surface area contributed by atoms with E-state index in [1.165, 1.54) is 7.11 Å². The second-order valence-corrected chi connectivity index (χ2v) is 9.83. The number of nitrogens with zero attached hydrogens (tertiary/aromatic N) is 4. The Bertz CT molecular complexity index is 1090. The van der Waals surface area contributed by atoms with Gasteiger partial charge in [0.05, 0.1) is 30.7 Å². The molecule has 0 spiro atoms. The molecular formula is C22H27ClF2N4O4. The molecule has 2 saturated heterocycles. The maximum atomic E-state index is 14.6. The number of methoxy groups -OCH3 is 2. The smallest absolute Gasteiger partial charge is 0.411 e. The summed E-state index contributed by atoms with van der Waals surface area (Å²) in [7, 11) is 2.86. The van der Waals surface area contributed by atoms with Gasteiger partial charge in [-0.05, 0) is 45.2 Å². The van der Waals surface area contributed by atoms with Crippen LogP contribution in [-0.4, -0.2) is 72.1 Å². The van der Waals surface area contributed by atoms with E-state index >= 15 is 0 Å². The molecule has 2 atom stereocenters. The first-order chi connectivity index (χ1) is 15.5. The minimum atomic E-state index is -0.865. The van der Waals surface area contributed by atoms with Crippen molar-refractivity contribution in [1.29, 1.82) is 0 Å². The lowest BCUT2D eigenvalue weighted by Crippen LogP contribution is -2.66. The van der Waals surface area contributed by atoms with Crippen molar-refractivity contribution >= 4 is 34.4 Å². The van der Waals surface area contributed by atoms with Gasteiger partial charge in [-0.25, -0.2) is 18.6 Å².